The highest BCUT2D eigenvalue weighted by molar-refractivity contribution is 6.12. The summed E-state index contributed by atoms with van der Waals surface area (Å²) < 4.78 is 5.59. The lowest BCUT2D eigenvalue weighted by Gasteiger charge is -2.30. The molecule has 2 unspecified atom stereocenters. The first kappa shape index (κ1) is 21.1. The third-order valence-corrected chi connectivity index (χ3v) is 6.32. The summed E-state index contributed by atoms with van der Waals surface area (Å²) >= 11 is 0. The molecule has 0 bridgehead atoms. The summed E-state index contributed by atoms with van der Waals surface area (Å²) in [5.74, 6) is 0.655. The Labute approximate surface area is 193 Å². The number of anilines is 1. The van der Waals surface area contributed by atoms with Crippen LogP contribution in [0.3, 0.4) is 0 Å². The zero-order chi connectivity index (χ0) is 22.8. The van der Waals surface area contributed by atoms with Crippen LogP contribution in [0.1, 0.15) is 53.7 Å². The average Bonchev–Trinajstić information content (AvgIpc) is 3.02. The highest BCUT2D eigenvalue weighted by atomic mass is 16.5. The molecule has 1 fully saturated rings. The Kier molecular flexibility index (Phi) is 5.78. The van der Waals surface area contributed by atoms with Gasteiger partial charge in [0.2, 0.25) is 0 Å². The fraction of sp³-hybridized carbons (Fsp3) is 0.250. The molecule has 2 aliphatic rings. The van der Waals surface area contributed by atoms with E-state index in [-0.39, 0.29) is 23.5 Å². The van der Waals surface area contributed by atoms with E-state index in [2.05, 4.69) is 5.32 Å². The molecule has 33 heavy (non-hydrogen) atoms. The van der Waals surface area contributed by atoms with Crippen molar-refractivity contribution < 1.29 is 14.3 Å². The Morgan fingerprint density at radius 3 is 2.55 bits per heavy atom. The SMILES string of the molecule is CCOc1ccc(C2Nc3ccc(C(=O)c4ccccc4)cc3N=C3CCCC(=O)C32)cc1. The molecule has 1 aliphatic heterocycles. The Morgan fingerprint density at radius 2 is 1.79 bits per heavy atom. The van der Waals surface area contributed by atoms with Gasteiger partial charge in [-0.2, -0.15) is 0 Å². The molecule has 0 radical (unpaired) electrons. The second-order valence-electron chi connectivity index (χ2n) is 8.45. The van der Waals surface area contributed by atoms with Crippen LogP contribution < -0.4 is 10.1 Å². The largest absolute Gasteiger partial charge is 0.494 e. The Morgan fingerprint density at radius 1 is 1.00 bits per heavy atom. The van der Waals surface area contributed by atoms with E-state index in [9.17, 15) is 9.59 Å². The average molecular weight is 439 g/mol. The smallest absolute Gasteiger partial charge is 0.193 e. The van der Waals surface area contributed by atoms with Crippen LogP contribution in [0.5, 0.6) is 5.75 Å². The van der Waals surface area contributed by atoms with Crippen molar-refractivity contribution in [3.05, 3.63) is 89.5 Å². The van der Waals surface area contributed by atoms with Gasteiger partial charge in [0.25, 0.3) is 0 Å². The summed E-state index contributed by atoms with van der Waals surface area (Å²) in [6.07, 6.45) is 2.15. The van der Waals surface area contributed by atoms with Gasteiger partial charge in [-0.25, -0.2) is 0 Å². The van der Waals surface area contributed by atoms with Gasteiger partial charge < -0.3 is 10.1 Å². The van der Waals surface area contributed by atoms with E-state index >= 15 is 0 Å². The van der Waals surface area contributed by atoms with Crippen molar-refractivity contribution in [2.24, 2.45) is 10.9 Å². The molecule has 1 saturated carbocycles. The molecule has 1 heterocycles. The molecule has 3 aromatic carbocycles. The summed E-state index contributed by atoms with van der Waals surface area (Å²) in [4.78, 5) is 31.0. The van der Waals surface area contributed by atoms with Crippen molar-refractivity contribution in [1.29, 1.82) is 0 Å². The van der Waals surface area contributed by atoms with Crippen LogP contribution in [-0.2, 0) is 4.79 Å². The first-order valence-corrected chi connectivity index (χ1v) is 11.5. The van der Waals surface area contributed by atoms with Crippen molar-refractivity contribution in [2.45, 2.75) is 32.2 Å². The molecule has 166 valence electrons. The van der Waals surface area contributed by atoms with Gasteiger partial charge in [-0.1, -0.05) is 42.5 Å². The molecular formula is C28H26N2O3. The lowest BCUT2D eigenvalue weighted by molar-refractivity contribution is -0.122. The Bertz CT molecular complexity index is 1220. The third-order valence-electron chi connectivity index (χ3n) is 6.32. The van der Waals surface area contributed by atoms with Gasteiger partial charge in [0.1, 0.15) is 11.5 Å². The second-order valence-corrected chi connectivity index (χ2v) is 8.45. The van der Waals surface area contributed by atoms with Crippen molar-refractivity contribution in [1.82, 2.24) is 0 Å². The van der Waals surface area contributed by atoms with Crippen molar-refractivity contribution in [2.75, 3.05) is 11.9 Å². The number of rotatable bonds is 5. The summed E-state index contributed by atoms with van der Waals surface area (Å²) in [6, 6.07) is 22.5. The minimum atomic E-state index is -0.322. The van der Waals surface area contributed by atoms with Crippen LogP contribution >= 0.6 is 0 Å². The summed E-state index contributed by atoms with van der Waals surface area (Å²) in [7, 11) is 0. The summed E-state index contributed by atoms with van der Waals surface area (Å²) in [6.45, 7) is 2.56. The maximum Gasteiger partial charge on any atom is 0.193 e. The first-order valence-electron chi connectivity index (χ1n) is 11.5. The number of hydrogen-bond donors (Lipinski definition) is 1. The minimum absolute atomic E-state index is 0.0396. The minimum Gasteiger partial charge on any atom is -0.494 e. The fourth-order valence-electron chi connectivity index (χ4n) is 4.71. The Hall–Kier alpha value is -3.73. The normalized spacial score (nSPS) is 19.4. The van der Waals surface area contributed by atoms with Crippen LogP contribution in [-0.4, -0.2) is 23.9 Å². The van der Waals surface area contributed by atoms with E-state index in [0.29, 0.717) is 29.8 Å². The molecule has 0 amide bonds. The predicted octanol–water partition coefficient (Wildman–Crippen LogP) is 5.92. The topological polar surface area (TPSA) is 67.8 Å². The zero-order valence-corrected chi connectivity index (χ0v) is 18.6. The van der Waals surface area contributed by atoms with Gasteiger partial charge in [-0.15, -0.1) is 0 Å². The van der Waals surface area contributed by atoms with Crippen LogP contribution in [0.2, 0.25) is 0 Å². The Balaban J connectivity index is 1.54. The van der Waals surface area contributed by atoms with Gasteiger partial charge in [-0.05, 0) is 55.7 Å². The lowest BCUT2D eigenvalue weighted by Crippen LogP contribution is -2.36. The van der Waals surface area contributed by atoms with Crippen LogP contribution in [0.4, 0.5) is 11.4 Å². The second kappa shape index (κ2) is 9.02. The quantitative estimate of drug-likeness (QED) is 0.502. The highest BCUT2D eigenvalue weighted by Gasteiger charge is 2.38. The van der Waals surface area contributed by atoms with E-state index in [1.165, 1.54) is 0 Å². The van der Waals surface area contributed by atoms with Gasteiger partial charge in [0.05, 0.1) is 29.9 Å². The van der Waals surface area contributed by atoms with E-state index in [4.69, 9.17) is 9.73 Å². The maximum absolute atomic E-state index is 13.0. The van der Waals surface area contributed by atoms with Crippen LogP contribution in [0.25, 0.3) is 0 Å². The number of carbonyl (C=O) groups excluding carboxylic acids is 2. The number of ketones is 2. The molecule has 5 heteroatoms. The molecule has 0 spiro atoms. The molecule has 2 atom stereocenters. The van der Waals surface area contributed by atoms with Gasteiger partial charge in [-0.3, -0.25) is 14.6 Å². The summed E-state index contributed by atoms with van der Waals surface area (Å²) in [5, 5.41) is 3.58. The van der Waals surface area contributed by atoms with Gasteiger partial charge in [0, 0.05) is 23.3 Å². The number of aliphatic imine (C=N–C) groups is 1. The predicted molar refractivity (Wildman–Crippen MR) is 130 cm³/mol. The lowest BCUT2D eigenvalue weighted by atomic mass is 9.78. The maximum atomic E-state index is 13.0. The number of carbonyl (C=O) groups is 2. The molecule has 5 rings (SSSR count). The van der Waals surface area contributed by atoms with Crippen LogP contribution in [0.15, 0.2) is 77.8 Å². The third kappa shape index (κ3) is 4.19. The van der Waals surface area contributed by atoms with E-state index < -0.39 is 0 Å². The number of hydrogen-bond acceptors (Lipinski definition) is 5. The van der Waals surface area contributed by atoms with E-state index in [1.807, 2.05) is 79.7 Å². The van der Waals surface area contributed by atoms with Gasteiger partial charge >= 0.3 is 0 Å². The van der Waals surface area contributed by atoms with Crippen molar-refractivity contribution >= 4 is 28.7 Å². The number of fused-ring (bicyclic) bond motifs is 2. The molecule has 1 N–H and O–H groups in total. The first-order chi connectivity index (χ1) is 16.1. The standard InChI is InChI=1S/C28H26N2O3/c1-2-33-21-14-11-18(12-15-21)27-26-23(9-6-10-25(26)31)29-24-17-20(13-16-22(24)30-27)28(32)19-7-4-3-5-8-19/h3-5,7-8,11-17,26-27,30H,2,6,9-10H2,1H3. The molecule has 0 saturated heterocycles. The molecular weight excluding hydrogens is 412 g/mol. The number of ether oxygens (including phenoxy) is 1. The number of nitrogens with zero attached hydrogens (tertiary/aromatic N) is 1. The number of benzene rings is 3. The highest BCUT2D eigenvalue weighted by Crippen LogP contribution is 2.41. The van der Waals surface area contributed by atoms with E-state index in [0.717, 1.165) is 35.6 Å². The van der Waals surface area contributed by atoms with Crippen molar-refractivity contribution in [3.8, 4) is 5.75 Å². The van der Waals surface area contributed by atoms with E-state index in [1.54, 1.807) is 0 Å². The molecule has 5 nitrogen and oxygen atoms in total. The number of nitrogens with one attached hydrogen (secondary N) is 1. The zero-order valence-electron chi connectivity index (χ0n) is 18.6. The molecule has 3 aromatic rings. The van der Waals surface area contributed by atoms with Crippen molar-refractivity contribution in [3.63, 3.8) is 0 Å². The molecule has 1 aliphatic carbocycles. The number of Topliss-reactive ketones (excluding diaryl/α,β-unsaturated/α-hetero) is 1. The fourth-order valence-corrected chi connectivity index (χ4v) is 4.71. The van der Waals surface area contributed by atoms with Crippen LogP contribution in [0, 0.1) is 5.92 Å². The van der Waals surface area contributed by atoms with Gasteiger partial charge in [0.15, 0.2) is 5.78 Å². The summed E-state index contributed by atoms with van der Waals surface area (Å²) in [5.41, 5.74) is 4.67. The monoisotopic (exact) mass is 438 g/mol. The molecule has 0 aromatic heterocycles.